The molecular weight excluding hydrogens is 447 g/mol. The van der Waals surface area contributed by atoms with Crippen LogP contribution >= 0.6 is 21.0 Å². The van der Waals surface area contributed by atoms with Gasteiger partial charge in [0.2, 0.25) is 0 Å². The molecule has 1 fully saturated rings. The number of nitrogens with one attached hydrogen (secondary N) is 1. The average molecular weight is 464 g/mol. The Morgan fingerprint density at radius 2 is 1.88 bits per heavy atom. The lowest BCUT2D eigenvalue weighted by Gasteiger charge is -2.33. The minimum atomic E-state index is -0.395. The lowest BCUT2D eigenvalue weighted by atomic mass is 10.2. The minimum absolute atomic E-state index is 0.0464. The molecule has 2 aromatic rings. The van der Waals surface area contributed by atoms with Gasteiger partial charge in [0.05, 0.1) is 6.20 Å². The number of rotatable bonds is 2. The summed E-state index contributed by atoms with van der Waals surface area (Å²) in [6, 6.07) is 9.67. The molecule has 0 bridgehead atoms. The molecule has 2 aliphatic rings. The number of amides is 2. The molecule has 26 heavy (non-hydrogen) atoms. The zero-order chi connectivity index (χ0) is 17.9. The van der Waals surface area contributed by atoms with Gasteiger partial charge in [0.25, 0.3) is 5.91 Å². The topological polar surface area (TPSA) is 78.0 Å². The van der Waals surface area contributed by atoms with Crippen LogP contribution in [0.3, 0.4) is 0 Å². The van der Waals surface area contributed by atoms with E-state index in [0.717, 1.165) is 10.9 Å². The Balaban J connectivity index is 1.36. The molecule has 0 saturated carbocycles. The Bertz CT molecular complexity index is 906. The van der Waals surface area contributed by atoms with Crippen molar-refractivity contribution < 1.29 is 14.3 Å². The molecule has 1 N–H and O–H groups in total. The number of H-pyrrole nitrogens is 1. The number of fused-ring (bicyclic) bond motifs is 1. The first-order valence-corrected chi connectivity index (χ1v) is 10.4. The highest BCUT2D eigenvalue weighted by Gasteiger charge is 2.26. The third-order valence-corrected chi connectivity index (χ3v) is 5.59. The largest absolute Gasteiger partial charge is 0.415 e. The van der Waals surface area contributed by atoms with Gasteiger partial charge < -0.3 is 19.5 Å². The third kappa shape index (κ3) is 3.55. The Morgan fingerprint density at radius 3 is 2.62 bits per heavy atom. The first-order valence-electron chi connectivity index (χ1n) is 8.24. The summed E-state index contributed by atoms with van der Waals surface area (Å²) in [5.41, 5.74) is 1.52. The van der Waals surface area contributed by atoms with E-state index in [9.17, 15) is 9.59 Å². The van der Waals surface area contributed by atoms with E-state index in [0.29, 0.717) is 37.6 Å². The van der Waals surface area contributed by atoms with Crippen LogP contribution in [0.15, 0.2) is 55.6 Å². The molecule has 0 radical (unpaired) electrons. The lowest BCUT2D eigenvalue weighted by Crippen LogP contribution is -2.50. The molecule has 3 heterocycles. The number of piperazine rings is 1. The second-order valence-corrected chi connectivity index (χ2v) is 7.77. The predicted octanol–water partition coefficient (Wildman–Crippen LogP) is 3.59. The number of carbonyl (C=O) groups excluding carboxylic acids is 2. The highest BCUT2D eigenvalue weighted by atomic mass is 127. The highest BCUT2D eigenvalue weighted by Crippen LogP contribution is 2.18. The summed E-state index contributed by atoms with van der Waals surface area (Å²) in [6.45, 7) is 1.86. The van der Waals surface area contributed by atoms with E-state index in [1.165, 1.54) is 0 Å². The molecule has 8 heteroatoms. The van der Waals surface area contributed by atoms with Crippen LogP contribution in [0.2, 0.25) is 0 Å². The molecule has 0 unspecified atom stereocenters. The van der Waals surface area contributed by atoms with Crippen LogP contribution < -0.4 is 0 Å². The number of ether oxygens (including phenoxy) is 1. The number of aromatic nitrogens is 1. The Morgan fingerprint density at radius 1 is 1.12 bits per heavy atom. The Kier molecular flexibility index (Phi) is 4.83. The number of aromatic amines is 1. The summed E-state index contributed by atoms with van der Waals surface area (Å²) in [5, 5.41) is 1.01. The van der Waals surface area contributed by atoms with Crippen LogP contribution in [-0.4, -0.2) is 53.0 Å². The van der Waals surface area contributed by atoms with Gasteiger partial charge in [0.1, 0.15) is 5.69 Å². The van der Waals surface area contributed by atoms with E-state index in [1.54, 1.807) is 22.1 Å². The van der Waals surface area contributed by atoms with Gasteiger partial charge in [-0.25, -0.2) is 7.94 Å². The van der Waals surface area contributed by atoms with Gasteiger partial charge in [0, 0.05) is 58.1 Å². The summed E-state index contributed by atoms with van der Waals surface area (Å²) in [5.74, 6) is 0.424. The zero-order valence-electron chi connectivity index (χ0n) is 13.9. The van der Waals surface area contributed by atoms with Gasteiger partial charge in [0.15, 0.2) is 5.76 Å². The molecule has 0 aliphatic carbocycles. The van der Waals surface area contributed by atoms with Gasteiger partial charge in [-0.15, -0.1) is 0 Å². The molecule has 1 aromatic heterocycles. The molecule has 2 amide bonds. The van der Waals surface area contributed by atoms with Crippen LogP contribution in [0.5, 0.6) is 0 Å². The Labute approximate surface area is 160 Å². The number of hydrogen-bond donors (Lipinski definition) is 1. The standard InChI is InChI=1S/C18H17IN4O3/c24-17(16-11-13-3-1-2-4-15(13)21-16)22-7-9-23(10-8-22)18(25)26-14-5-6-19-20-12-14/h1-6,11-12,21H,7-10H2. The van der Waals surface area contributed by atoms with E-state index in [-0.39, 0.29) is 26.9 Å². The van der Waals surface area contributed by atoms with Gasteiger partial charge in [-0.2, -0.15) is 0 Å². The molecule has 1 saturated heterocycles. The molecule has 4 rings (SSSR count). The molecule has 2 aliphatic heterocycles. The summed E-state index contributed by atoms with van der Waals surface area (Å²) in [4.78, 5) is 31.4. The normalized spacial score (nSPS) is 17.0. The quantitative estimate of drug-likeness (QED) is 0.691. The number of allylic oxidation sites excluding steroid dienone is 1. The molecule has 7 nitrogen and oxygen atoms in total. The zero-order valence-corrected chi connectivity index (χ0v) is 16.0. The van der Waals surface area contributed by atoms with Crippen molar-refractivity contribution in [2.45, 2.75) is 0 Å². The second-order valence-electron chi connectivity index (χ2n) is 5.94. The first kappa shape index (κ1) is 17.0. The van der Waals surface area contributed by atoms with Crippen molar-refractivity contribution in [1.82, 2.24) is 14.8 Å². The van der Waals surface area contributed by atoms with Crippen LogP contribution in [0.4, 0.5) is 4.79 Å². The lowest BCUT2D eigenvalue weighted by molar-refractivity contribution is 0.0606. The maximum Gasteiger partial charge on any atom is 0.415 e. The fourth-order valence-electron chi connectivity index (χ4n) is 2.92. The summed E-state index contributed by atoms with van der Waals surface area (Å²) < 4.78 is 11.4. The van der Waals surface area contributed by atoms with E-state index in [2.05, 4.69) is 8.13 Å². The van der Waals surface area contributed by atoms with Crippen molar-refractivity contribution in [1.29, 1.82) is 0 Å². The second kappa shape index (κ2) is 7.40. The van der Waals surface area contributed by atoms with Crippen LogP contribution in [0, 0.1) is 0 Å². The number of carbonyl (C=O) groups is 2. The summed E-state index contributed by atoms with van der Waals surface area (Å²) in [7, 11) is 0. The van der Waals surface area contributed by atoms with Gasteiger partial charge in [-0.1, -0.05) is 18.2 Å². The van der Waals surface area contributed by atoms with E-state index >= 15 is 0 Å². The molecule has 134 valence electrons. The fraction of sp³-hybridized carbons (Fsp3) is 0.222. The van der Waals surface area contributed by atoms with Gasteiger partial charge in [-0.3, -0.25) is 4.79 Å². The maximum absolute atomic E-state index is 12.7. The molecule has 1 aromatic carbocycles. The summed E-state index contributed by atoms with van der Waals surface area (Å²) >= 11 is -0.282. The van der Waals surface area contributed by atoms with Crippen LogP contribution in [-0.2, 0) is 4.74 Å². The average Bonchev–Trinajstić information content (AvgIpc) is 3.12. The first-order chi connectivity index (χ1) is 12.7. The van der Waals surface area contributed by atoms with Gasteiger partial charge >= 0.3 is 6.09 Å². The monoisotopic (exact) mass is 464 g/mol. The minimum Gasteiger partial charge on any atom is -0.409 e. The number of hydrogen-bond acceptors (Lipinski definition) is 4. The summed E-state index contributed by atoms with van der Waals surface area (Å²) in [6.07, 6.45) is 2.99. The van der Waals surface area contributed by atoms with E-state index in [4.69, 9.17) is 4.74 Å². The molecule has 0 spiro atoms. The van der Waals surface area contributed by atoms with Crippen molar-refractivity contribution in [3.63, 3.8) is 0 Å². The van der Waals surface area contributed by atoms with Crippen molar-refractivity contribution >= 4 is 43.9 Å². The van der Waals surface area contributed by atoms with Crippen molar-refractivity contribution in [2.24, 2.45) is 3.15 Å². The third-order valence-electron chi connectivity index (χ3n) is 4.31. The molecule has 0 atom stereocenters. The SMILES string of the molecule is O=C(OC1=CN=IC=C1)N1CCN(C(=O)c2cc3ccccc3[nH]2)CC1. The van der Waals surface area contributed by atoms with Crippen LogP contribution in [0.1, 0.15) is 10.5 Å². The number of halogens is 1. The van der Waals surface area contributed by atoms with E-state index < -0.39 is 6.09 Å². The van der Waals surface area contributed by atoms with Crippen molar-refractivity contribution in [3.05, 3.63) is 58.1 Å². The number of para-hydroxylation sites is 1. The smallest absolute Gasteiger partial charge is 0.409 e. The number of nitrogens with zero attached hydrogens (tertiary/aromatic N) is 3. The molecular formula is C18H17IN4O3. The highest BCUT2D eigenvalue weighted by molar-refractivity contribution is 14.2. The van der Waals surface area contributed by atoms with Gasteiger partial charge in [-0.05, 0) is 22.3 Å². The maximum atomic E-state index is 12.7. The van der Waals surface area contributed by atoms with Crippen molar-refractivity contribution in [2.75, 3.05) is 26.2 Å². The van der Waals surface area contributed by atoms with E-state index in [1.807, 2.05) is 34.4 Å². The fourth-order valence-corrected chi connectivity index (χ4v) is 4.06. The van der Waals surface area contributed by atoms with Crippen molar-refractivity contribution in [3.8, 4) is 0 Å². The number of benzene rings is 1. The predicted molar refractivity (Wildman–Crippen MR) is 106 cm³/mol. The van der Waals surface area contributed by atoms with Crippen LogP contribution in [0.25, 0.3) is 10.9 Å². The Hall–Kier alpha value is -2.49.